The third-order valence-electron chi connectivity index (χ3n) is 8.45. The Morgan fingerprint density at radius 3 is 2.31 bits per heavy atom. The number of rotatable bonds is 9. The maximum absolute atomic E-state index is 13.9. The van der Waals surface area contributed by atoms with Gasteiger partial charge in [0.25, 0.3) is 5.91 Å². The zero-order valence-corrected chi connectivity index (χ0v) is 22.4. The van der Waals surface area contributed by atoms with Gasteiger partial charge in [-0.05, 0) is 24.3 Å². The number of amides is 2. The van der Waals surface area contributed by atoms with Crippen molar-refractivity contribution < 1.29 is 32.9 Å². The number of quaternary nitrogens is 1. The Morgan fingerprint density at radius 1 is 1.05 bits per heavy atom. The van der Waals surface area contributed by atoms with Crippen LogP contribution in [0.1, 0.15) is 55.6 Å². The molecule has 3 aliphatic heterocycles. The second-order valence-corrected chi connectivity index (χ2v) is 11.3. The van der Waals surface area contributed by atoms with Crippen LogP contribution in [-0.2, 0) is 30.1 Å². The minimum absolute atomic E-state index is 0.0324. The normalized spacial score (nSPS) is 28.7. The molecule has 0 aliphatic carbocycles. The first-order valence-corrected chi connectivity index (χ1v) is 13.5. The van der Waals surface area contributed by atoms with Crippen molar-refractivity contribution in [1.82, 2.24) is 20.6 Å². The van der Waals surface area contributed by atoms with Crippen molar-refractivity contribution in [3.05, 3.63) is 60.2 Å². The first kappa shape index (κ1) is 26.8. The van der Waals surface area contributed by atoms with Gasteiger partial charge in [-0.3, -0.25) is 14.6 Å². The van der Waals surface area contributed by atoms with E-state index in [1.807, 2.05) is 51.2 Å². The highest BCUT2D eigenvalue weighted by molar-refractivity contribution is 6.68. The molecule has 2 aromatic rings. The second-order valence-electron chi connectivity index (χ2n) is 11.3. The smallest absolute Gasteiger partial charge is 0.599 e. The van der Waals surface area contributed by atoms with Gasteiger partial charge in [-0.1, -0.05) is 44.2 Å². The van der Waals surface area contributed by atoms with E-state index >= 15 is 0 Å². The zero-order chi connectivity index (χ0) is 27.8. The van der Waals surface area contributed by atoms with Crippen LogP contribution < -0.4 is 10.6 Å². The predicted molar refractivity (Wildman–Crippen MR) is 140 cm³/mol. The first-order chi connectivity index (χ1) is 18.7. The van der Waals surface area contributed by atoms with Crippen LogP contribution in [0.25, 0.3) is 0 Å². The SMILES string of the molecule is CC(C)C[C@H](NC(=O)[C@H](Cc1ccccc1)NC(=O)c1cnccn1)[B-]12OC(=O)[C@@H]3CCC[C@@H](C(=O)O1)[N+]32C. The number of carbonyl (C=O) groups excluding carboxylic acids is 4. The van der Waals surface area contributed by atoms with E-state index < -0.39 is 54.5 Å². The van der Waals surface area contributed by atoms with Gasteiger partial charge in [-0.15, -0.1) is 0 Å². The number of piperidine rings is 1. The van der Waals surface area contributed by atoms with Crippen molar-refractivity contribution >= 4 is 30.4 Å². The van der Waals surface area contributed by atoms with Gasteiger partial charge in [0.2, 0.25) is 5.91 Å². The molecule has 12 heteroatoms. The largest absolute Gasteiger partial charge is 0.605 e. The van der Waals surface area contributed by atoms with Gasteiger partial charge in [0.05, 0.1) is 12.1 Å². The molecule has 3 saturated heterocycles. The van der Waals surface area contributed by atoms with Crippen LogP contribution in [0.3, 0.4) is 0 Å². The molecule has 3 aliphatic rings. The topological polar surface area (TPSA) is 137 Å². The number of carbonyl (C=O) groups is 4. The molecule has 4 heterocycles. The molecule has 206 valence electrons. The molecule has 0 unspecified atom stereocenters. The van der Waals surface area contributed by atoms with Crippen molar-refractivity contribution in [3.8, 4) is 0 Å². The summed E-state index contributed by atoms with van der Waals surface area (Å²) in [5.74, 6) is -2.49. The average Bonchev–Trinajstić information content (AvgIpc) is 3.28. The van der Waals surface area contributed by atoms with Gasteiger partial charge in [0.15, 0.2) is 0 Å². The van der Waals surface area contributed by atoms with Crippen molar-refractivity contribution in [2.75, 3.05) is 7.05 Å². The van der Waals surface area contributed by atoms with Gasteiger partial charge < -0.3 is 24.3 Å². The van der Waals surface area contributed by atoms with Crippen molar-refractivity contribution in [1.29, 1.82) is 0 Å². The number of hydrogen-bond donors (Lipinski definition) is 2. The van der Waals surface area contributed by atoms with Crippen molar-refractivity contribution in [2.24, 2.45) is 5.92 Å². The molecule has 1 aromatic heterocycles. The van der Waals surface area contributed by atoms with E-state index in [0.717, 1.165) is 12.0 Å². The van der Waals surface area contributed by atoms with Crippen LogP contribution in [0.5, 0.6) is 0 Å². The molecular weight excluding hydrogens is 501 g/mol. The summed E-state index contributed by atoms with van der Waals surface area (Å²) < 4.78 is 12.0. The molecule has 0 bridgehead atoms. The third kappa shape index (κ3) is 4.66. The molecule has 4 atom stereocenters. The summed E-state index contributed by atoms with van der Waals surface area (Å²) in [5.41, 5.74) is 0.923. The number of nitrogens with one attached hydrogen (secondary N) is 2. The summed E-state index contributed by atoms with van der Waals surface area (Å²) in [4.78, 5) is 61.0. The second kappa shape index (κ2) is 10.4. The van der Waals surface area contributed by atoms with Gasteiger partial charge in [-0.2, -0.15) is 0 Å². The monoisotopic (exact) mass is 535 g/mol. The molecule has 0 spiro atoms. The van der Waals surface area contributed by atoms with E-state index in [9.17, 15) is 19.2 Å². The van der Waals surface area contributed by atoms with Crippen LogP contribution in [-0.4, -0.2) is 75.9 Å². The lowest BCUT2D eigenvalue weighted by molar-refractivity contribution is -0.850. The lowest BCUT2D eigenvalue weighted by atomic mass is 9.56. The summed E-state index contributed by atoms with van der Waals surface area (Å²) in [5, 5.41) is 5.84. The molecule has 2 N–H and O–H groups in total. The number of benzene rings is 1. The lowest BCUT2D eigenvalue weighted by Gasteiger charge is -2.51. The highest BCUT2D eigenvalue weighted by atomic mass is 16.7. The van der Waals surface area contributed by atoms with Gasteiger partial charge in [0.1, 0.15) is 23.8 Å². The summed E-state index contributed by atoms with van der Waals surface area (Å²) in [7, 11) is 1.85. The Bertz CT molecular complexity index is 1230. The number of likely N-dealkylation sites (N-methyl/N-ethyl adjacent to an activating group) is 1. The summed E-state index contributed by atoms with van der Waals surface area (Å²) in [6.07, 6.45) is 6.74. The third-order valence-corrected chi connectivity index (χ3v) is 8.45. The molecule has 0 saturated carbocycles. The Hall–Kier alpha value is -3.80. The van der Waals surface area contributed by atoms with E-state index in [1.54, 1.807) is 0 Å². The van der Waals surface area contributed by atoms with Crippen LogP contribution in [0.15, 0.2) is 48.9 Å². The van der Waals surface area contributed by atoms with Crippen molar-refractivity contribution in [2.45, 2.75) is 70.0 Å². The highest BCUT2D eigenvalue weighted by Crippen LogP contribution is 2.49. The Balaban J connectivity index is 1.46. The van der Waals surface area contributed by atoms with E-state index in [2.05, 4.69) is 20.6 Å². The van der Waals surface area contributed by atoms with Crippen LogP contribution in [0.4, 0.5) is 0 Å². The molecule has 3 fully saturated rings. The molecule has 5 rings (SSSR count). The molecule has 0 radical (unpaired) electrons. The molecular formula is C27H34BN5O6. The Kier molecular flexibility index (Phi) is 7.15. The molecule has 39 heavy (non-hydrogen) atoms. The number of nitrogens with zero attached hydrogens (tertiary/aromatic N) is 3. The van der Waals surface area contributed by atoms with Gasteiger partial charge in [-0.25, -0.2) is 14.6 Å². The van der Waals surface area contributed by atoms with Crippen LogP contribution >= 0.6 is 0 Å². The molecule has 11 nitrogen and oxygen atoms in total. The fourth-order valence-corrected chi connectivity index (χ4v) is 6.60. The van der Waals surface area contributed by atoms with E-state index in [0.29, 0.717) is 19.3 Å². The van der Waals surface area contributed by atoms with Gasteiger partial charge in [0, 0.05) is 38.7 Å². The standard InChI is InChI=1S/C27H34BN5O6/c1-17(2)14-23(28-33(3)21(26(36)38-28)10-7-11-22(33)27(37)39-28)32-24(34)19(15-18-8-5-4-6-9-18)31-25(35)20-16-29-12-13-30-20/h4-6,8-9,12-13,16-17,19,21-23H,7,10-11,14-15H2,1-3H3,(H,31,35)(H,32,34)/t19-,21-,22-,23-,28?,33?/m0/s1. The summed E-state index contributed by atoms with van der Waals surface area (Å²) in [6, 6.07) is 7.32. The number of hydrogen-bond acceptors (Lipinski definition) is 8. The van der Waals surface area contributed by atoms with E-state index in [1.165, 1.54) is 18.6 Å². The maximum atomic E-state index is 13.9. The Labute approximate surface area is 227 Å². The molecule has 1 aromatic carbocycles. The van der Waals surface area contributed by atoms with E-state index in [-0.39, 0.29) is 22.4 Å². The fourth-order valence-electron chi connectivity index (χ4n) is 6.60. The summed E-state index contributed by atoms with van der Waals surface area (Å²) >= 11 is 0. The zero-order valence-electron chi connectivity index (χ0n) is 22.4. The quantitative estimate of drug-likeness (QED) is 0.459. The predicted octanol–water partition coefficient (Wildman–Crippen LogP) is 1.31. The number of aromatic nitrogens is 2. The van der Waals surface area contributed by atoms with Gasteiger partial charge >= 0.3 is 18.6 Å². The average molecular weight is 535 g/mol. The highest BCUT2D eigenvalue weighted by Gasteiger charge is 2.77. The Morgan fingerprint density at radius 2 is 1.72 bits per heavy atom. The van der Waals surface area contributed by atoms with Crippen LogP contribution in [0, 0.1) is 5.92 Å². The summed E-state index contributed by atoms with van der Waals surface area (Å²) in [6.45, 7) is 1.41. The minimum atomic E-state index is -2.57. The molecule has 2 amide bonds. The van der Waals surface area contributed by atoms with E-state index in [4.69, 9.17) is 9.31 Å². The van der Waals surface area contributed by atoms with Crippen molar-refractivity contribution in [3.63, 3.8) is 0 Å². The van der Waals surface area contributed by atoms with Crippen LogP contribution in [0.2, 0.25) is 0 Å². The maximum Gasteiger partial charge on any atom is 0.605 e. The lowest BCUT2D eigenvalue weighted by Crippen LogP contribution is -2.76. The minimum Gasteiger partial charge on any atom is -0.599 e. The fraction of sp³-hybridized carbons (Fsp3) is 0.481. The first-order valence-electron chi connectivity index (χ1n) is 13.5.